The molecule has 1 N–H and O–H groups in total. The SMILES string of the molecule is Cc1ccc(C(O)C2CN(C)CCC2c2ccc(F)cc2)cc1. The fourth-order valence-corrected chi connectivity index (χ4v) is 3.61. The van der Waals surface area contributed by atoms with Crippen LogP contribution in [-0.4, -0.2) is 30.1 Å². The zero-order valence-corrected chi connectivity index (χ0v) is 13.7. The Bertz CT molecular complexity index is 638. The van der Waals surface area contributed by atoms with Gasteiger partial charge in [-0.25, -0.2) is 4.39 Å². The zero-order valence-electron chi connectivity index (χ0n) is 13.7. The molecule has 0 radical (unpaired) electrons. The van der Waals surface area contributed by atoms with Crippen molar-refractivity contribution in [2.24, 2.45) is 5.92 Å². The van der Waals surface area contributed by atoms with Crippen molar-refractivity contribution in [1.82, 2.24) is 4.90 Å². The van der Waals surface area contributed by atoms with Gasteiger partial charge in [-0.2, -0.15) is 0 Å². The minimum Gasteiger partial charge on any atom is -0.388 e. The molecule has 3 rings (SSSR count). The van der Waals surface area contributed by atoms with Crippen molar-refractivity contribution in [3.05, 3.63) is 71.0 Å². The monoisotopic (exact) mass is 313 g/mol. The van der Waals surface area contributed by atoms with Gasteiger partial charge in [-0.3, -0.25) is 0 Å². The lowest BCUT2D eigenvalue weighted by Crippen LogP contribution is -2.39. The summed E-state index contributed by atoms with van der Waals surface area (Å²) in [5.74, 6) is 0.155. The van der Waals surface area contributed by atoms with E-state index in [1.807, 2.05) is 43.3 Å². The first-order chi connectivity index (χ1) is 11.0. The van der Waals surface area contributed by atoms with Crippen LogP contribution in [0.5, 0.6) is 0 Å². The second kappa shape index (κ2) is 6.81. The molecule has 0 amide bonds. The third kappa shape index (κ3) is 3.62. The van der Waals surface area contributed by atoms with E-state index in [0.717, 1.165) is 30.6 Å². The van der Waals surface area contributed by atoms with E-state index in [1.165, 1.54) is 17.7 Å². The fourth-order valence-electron chi connectivity index (χ4n) is 3.61. The third-order valence-corrected chi connectivity index (χ3v) is 4.98. The van der Waals surface area contributed by atoms with Crippen molar-refractivity contribution in [2.45, 2.75) is 25.4 Å². The van der Waals surface area contributed by atoms with Gasteiger partial charge in [0.05, 0.1) is 6.10 Å². The summed E-state index contributed by atoms with van der Waals surface area (Å²) in [6.07, 6.45) is 0.476. The third-order valence-electron chi connectivity index (χ3n) is 4.98. The Hall–Kier alpha value is -1.71. The van der Waals surface area contributed by atoms with Crippen molar-refractivity contribution < 1.29 is 9.50 Å². The number of benzene rings is 2. The van der Waals surface area contributed by atoms with Crippen LogP contribution < -0.4 is 0 Å². The van der Waals surface area contributed by atoms with Gasteiger partial charge in [-0.1, -0.05) is 42.0 Å². The summed E-state index contributed by atoms with van der Waals surface area (Å²) in [5, 5.41) is 10.9. The maximum absolute atomic E-state index is 13.2. The van der Waals surface area contributed by atoms with Crippen molar-refractivity contribution in [3.8, 4) is 0 Å². The lowest BCUT2D eigenvalue weighted by molar-refractivity contribution is 0.0441. The van der Waals surface area contributed by atoms with Crippen LogP contribution in [0.3, 0.4) is 0 Å². The van der Waals surface area contributed by atoms with Crippen molar-refractivity contribution in [2.75, 3.05) is 20.1 Å². The van der Waals surface area contributed by atoms with Crippen molar-refractivity contribution in [1.29, 1.82) is 0 Å². The number of aliphatic hydroxyl groups excluding tert-OH is 1. The largest absolute Gasteiger partial charge is 0.388 e. The summed E-state index contributed by atoms with van der Waals surface area (Å²) in [7, 11) is 2.09. The Kier molecular flexibility index (Phi) is 4.79. The molecule has 2 aromatic carbocycles. The topological polar surface area (TPSA) is 23.5 Å². The number of piperidine rings is 1. The minimum atomic E-state index is -0.506. The number of nitrogens with zero attached hydrogens (tertiary/aromatic N) is 1. The first-order valence-electron chi connectivity index (χ1n) is 8.23. The highest BCUT2D eigenvalue weighted by atomic mass is 19.1. The molecule has 23 heavy (non-hydrogen) atoms. The van der Waals surface area contributed by atoms with Crippen LogP contribution in [-0.2, 0) is 0 Å². The molecule has 1 saturated heterocycles. The van der Waals surface area contributed by atoms with Gasteiger partial charge in [-0.15, -0.1) is 0 Å². The van der Waals surface area contributed by atoms with E-state index in [2.05, 4.69) is 11.9 Å². The summed E-state index contributed by atoms with van der Waals surface area (Å²) >= 11 is 0. The molecule has 3 heteroatoms. The molecular formula is C20H24FNO. The second-order valence-corrected chi connectivity index (χ2v) is 6.73. The van der Waals surface area contributed by atoms with Crippen LogP contribution in [0.2, 0.25) is 0 Å². The summed E-state index contributed by atoms with van der Waals surface area (Å²) in [4.78, 5) is 2.27. The van der Waals surface area contributed by atoms with E-state index in [-0.39, 0.29) is 17.7 Å². The number of aliphatic hydroxyl groups is 1. The average molecular weight is 313 g/mol. The molecule has 1 fully saturated rings. The number of rotatable bonds is 3. The molecule has 0 spiro atoms. The van der Waals surface area contributed by atoms with Crippen LogP contribution in [0.15, 0.2) is 48.5 Å². The van der Waals surface area contributed by atoms with E-state index in [4.69, 9.17) is 0 Å². The maximum Gasteiger partial charge on any atom is 0.123 e. The number of aryl methyl sites for hydroxylation is 1. The number of halogens is 1. The van der Waals surface area contributed by atoms with E-state index in [1.54, 1.807) is 0 Å². The normalized spacial score (nSPS) is 23.7. The standard InChI is InChI=1S/C20H24FNO/c1-14-3-5-16(6-4-14)20(23)19-13-22(2)12-11-18(19)15-7-9-17(21)10-8-15/h3-10,18-20,23H,11-13H2,1-2H3. The van der Waals surface area contributed by atoms with E-state index in [0.29, 0.717) is 0 Å². The van der Waals surface area contributed by atoms with Gasteiger partial charge in [0.1, 0.15) is 5.82 Å². The van der Waals surface area contributed by atoms with Crippen molar-refractivity contribution in [3.63, 3.8) is 0 Å². The van der Waals surface area contributed by atoms with E-state index in [9.17, 15) is 9.50 Å². The Morgan fingerprint density at radius 3 is 2.39 bits per heavy atom. The molecular weight excluding hydrogens is 289 g/mol. The first-order valence-corrected chi connectivity index (χ1v) is 8.23. The number of hydrogen-bond acceptors (Lipinski definition) is 2. The molecule has 1 aliphatic rings. The Balaban J connectivity index is 1.88. The highest BCUT2D eigenvalue weighted by Crippen LogP contribution is 2.40. The van der Waals surface area contributed by atoms with Crippen LogP contribution in [0.4, 0.5) is 4.39 Å². The fraction of sp³-hybridized carbons (Fsp3) is 0.400. The zero-order chi connectivity index (χ0) is 16.4. The molecule has 3 atom stereocenters. The smallest absolute Gasteiger partial charge is 0.123 e. The highest BCUT2D eigenvalue weighted by Gasteiger charge is 2.34. The van der Waals surface area contributed by atoms with Gasteiger partial charge < -0.3 is 10.0 Å². The van der Waals surface area contributed by atoms with Gasteiger partial charge in [-0.05, 0) is 56.1 Å². The molecule has 2 aromatic rings. The lowest BCUT2D eigenvalue weighted by Gasteiger charge is -2.39. The van der Waals surface area contributed by atoms with Gasteiger partial charge >= 0.3 is 0 Å². The predicted molar refractivity (Wildman–Crippen MR) is 90.9 cm³/mol. The van der Waals surface area contributed by atoms with Gasteiger partial charge in [0, 0.05) is 12.5 Å². The maximum atomic E-state index is 13.2. The number of hydrogen-bond donors (Lipinski definition) is 1. The van der Waals surface area contributed by atoms with Gasteiger partial charge in [0.2, 0.25) is 0 Å². The Labute approximate surface area is 137 Å². The predicted octanol–water partition coefficient (Wildman–Crippen LogP) is 3.90. The molecule has 0 aliphatic carbocycles. The molecule has 0 aromatic heterocycles. The van der Waals surface area contributed by atoms with E-state index < -0.39 is 6.10 Å². The quantitative estimate of drug-likeness (QED) is 0.929. The molecule has 0 bridgehead atoms. The summed E-state index contributed by atoms with van der Waals surface area (Å²) in [6.45, 7) is 3.89. The van der Waals surface area contributed by atoms with Crippen LogP contribution in [0.25, 0.3) is 0 Å². The summed E-state index contributed by atoms with van der Waals surface area (Å²) in [5.41, 5.74) is 3.27. The molecule has 122 valence electrons. The lowest BCUT2D eigenvalue weighted by atomic mass is 9.76. The molecule has 2 nitrogen and oxygen atoms in total. The minimum absolute atomic E-state index is 0.113. The second-order valence-electron chi connectivity index (χ2n) is 6.73. The molecule has 1 aliphatic heterocycles. The Morgan fingerprint density at radius 1 is 1.09 bits per heavy atom. The van der Waals surface area contributed by atoms with Crippen molar-refractivity contribution >= 4 is 0 Å². The van der Waals surface area contributed by atoms with Gasteiger partial charge in [0.25, 0.3) is 0 Å². The van der Waals surface area contributed by atoms with Crippen LogP contribution >= 0.6 is 0 Å². The highest BCUT2D eigenvalue weighted by molar-refractivity contribution is 5.27. The Morgan fingerprint density at radius 2 is 1.74 bits per heavy atom. The number of likely N-dealkylation sites (tertiary alicyclic amines) is 1. The van der Waals surface area contributed by atoms with Crippen LogP contribution in [0, 0.1) is 18.7 Å². The van der Waals surface area contributed by atoms with E-state index >= 15 is 0 Å². The molecule has 1 heterocycles. The summed E-state index contributed by atoms with van der Waals surface area (Å²) < 4.78 is 13.2. The summed E-state index contributed by atoms with van der Waals surface area (Å²) in [6, 6.07) is 14.9. The molecule has 0 saturated carbocycles. The van der Waals surface area contributed by atoms with Crippen LogP contribution in [0.1, 0.15) is 35.1 Å². The first kappa shape index (κ1) is 16.2. The average Bonchev–Trinajstić information content (AvgIpc) is 2.56. The molecule has 3 unspecified atom stereocenters. The van der Waals surface area contributed by atoms with Gasteiger partial charge in [0.15, 0.2) is 0 Å².